The lowest BCUT2D eigenvalue weighted by molar-refractivity contribution is -0.147. The highest BCUT2D eigenvalue weighted by atomic mass is 16.5. The van der Waals surface area contributed by atoms with Crippen molar-refractivity contribution in [2.24, 2.45) is 16.7 Å². The van der Waals surface area contributed by atoms with Gasteiger partial charge in [-0.2, -0.15) is 0 Å². The predicted molar refractivity (Wildman–Crippen MR) is 193 cm³/mol. The molecular weight excluding hydrogens is 552 g/mol. The van der Waals surface area contributed by atoms with Gasteiger partial charge in [-0.1, -0.05) is 140 Å². The summed E-state index contributed by atoms with van der Waals surface area (Å²) in [7, 11) is 0. The van der Waals surface area contributed by atoms with Gasteiger partial charge in [0.1, 0.15) is 6.10 Å². The van der Waals surface area contributed by atoms with Gasteiger partial charge in [0.15, 0.2) is 5.78 Å². The highest BCUT2D eigenvalue weighted by Crippen LogP contribution is 2.43. The molecule has 3 heteroatoms. The van der Waals surface area contributed by atoms with Gasteiger partial charge in [0.2, 0.25) is 0 Å². The molecule has 244 valence electrons. The molecule has 3 nitrogen and oxygen atoms in total. The summed E-state index contributed by atoms with van der Waals surface area (Å²) in [4.78, 5) is 24.5. The zero-order chi connectivity index (χ0) is 33.8. The summed E-state index contributed by atoms with van der Waals surface area (Å²) in [6, 6.07) is 0. The van der Waals surface area contributed by atoms with Crippen LogP contribution in [0.4, 0.5) is 0 Å². The number of hydrogen-bond donors (Lipinski definition) is 0. The molecule has 0 N–H and O–H groups in total. The first-order valence-electron chi connectivity index (χ1n) is 16.5. The first kappa shape index (κ1) is 37.7. The van der Waals surface area contributed by atoms with Crippen molar-refractivity contribution in [3.63, 3.8) is 0 Å². The maximum atomic E-state index is 13.0. The number of rotatable bonds is 12. The van der Waals surface area contributed by atoms with E-state index < -0.39 is 0 Å². The molecule has 0 fully saturated rings. The van der Waals surface area contributed by atoms with E-state index in [0.29, 0.717) is 24.2 Å². The lowest BCUT2D eigenvalue weighted by atomic mass is 9.68. The fourth-order valence-corrected chi connectivity index (χ4v) is 6.42. The molecule has 0 aromatic rings. The van der Waals surface area contributed by atoms with E-state index in [-0.39, 0.29) is 23.3 Å². The second-order valence-electron chi connectivity index (χ2n) is 14.4. The third kappa shape index (κ3) is 12.8. The van der Waals surface area contributed by atoms with E-state index in [9.17, 15) is 9.59 Å². The minimum absolute atomic E-state index is 0.115. The summed E-state index contributed by atoms with van der Waals surface area (Å²) in [5.41, 5.74) is 8.22. The molecule has 0 saturated heterocycles. The van der Waals surface area contributed by atoms with Crippen LogP contribution in [-0.4, -0.2) is 17.9 Å². The molecule has 0 spiro atoms. The fraction of sp³-hybridized carbons (Fsp3) is 0.476. The highest BCUT2D eigenvalue weighted by molar-refractivity contribution is 5.96. The van der Waals surface area contributed by atoms with Gasteiger partial charge in [-0.3, -0.25) is 9.59 Å². The quantitative estimate of drug-likeness (QED) is 0.0955. The Balaban J connectivity index is 1.90. The minimum Gasteiger partial charge on any atom is -0.462 e. The molecule has 0 aromatic carbocycles. The molecule has 2 unspecified atom stereocenters. The van der Waals surface area contributed by atoms with Crippen LogP contribution >= 0.6 is 0 Å². The summed E-state index contributed by atoms with van der Waals surface area (Å²) >= 11 is 0. The van der Waals surface area contributed by atoms with Crippen molar-refractivity contribution in [3.8, 4) is 0 Å². The maximum Gasteiger partial charge on any atom is 0.302 e. The Hall–Kier alpha value is -3.46. The van der Waals surface area contributed by atoms with Crippen molar-refractivity contribution in [1.29, 1.82) is 0 Å². The molecule has 0 saturated carbocycles. The summed E-state index contributed by atoms with van der Waals surface area (Å²) in [6.07, 6.45) is 31.7. The van der Waals surface area contributed by atoms with Crippen molar-refractivity contribution in [1.82, 2.24) is 0 Å². The van der Waals surface area contributed by atoms with E-state index in [1.54, 1.807) is 0 Å². The molecule has 2 atom stereocenters. The van der Waals surface area contributed by atoms with Crippen LogP contribution in [-0.2, 0) is 14.3 Å². The fourth-order valence-electron chi connectivity index (χ4n) is 6.42. The molecule has 0 heterocycles. The lowest BCUT2D eigenvalue weighted by Gasteiger charge is -2.38. The van der Waals surface area contributed by atoms with Crippen molar-refractivity contribution < 1.29 is 14.3 Å². The van der Waals surface area contributed by atoms with Crippen molar-refractivity contribution >= 4 is 11.8 Å². The third-order valence-corrected chi connectivity index (χ3v) is 9.11. The van der Waals surface area contributed by atoms with Gasteiger partial charge in [-0.25, -0.2) is 0 Å². The second-order valence-corrected chi connectivity index (χ2v) is 14.4. The maximum absolute atomic E-state index is 13.0. The Labute approximate surface area is 274 Å². The number of Topliss-reactive ketones (excluding diaryl/α,β-unsaturated/α-hetero) is 1. The average molecular weight is 611 g/mol. The van der Waals surface area contributed by atoms with E-state index in [0.717, 1.165) is 23.1 Å². The van der Waals surface area contributed by atoms with Gasteiger partial charge < -0.3 is 4.74 Å². The SMILES string of the molecule is CC(=O)OC1CC(C)=C(CC(=O)/C(C)=C/C=C/C(C)=C/C=C/C=C(C)/C=C\C=C(C)\C=C\C2C(C)=CCCC2(C)C)C(C)(C)C1. The van der Waals surface area contributed by atoms with Gasteiger partial charge >= 0.3 is 5.97 Å². The Morgan fingerprint density at radius 3 is 1.93 bits per heavy atom. The molecule has 2 aliphatic rings. The minimum atomic E-state index is -0.249. The normalized spacial score (nSPS) is 23.5. The molecule has 2 aliphatic carbocycles. The van der Waals surface area contributed by atoms with Crippen LogP contribution in [0.15, 0.2) is 118 Å². The summed E-state index contributed by atoms with van der Waals surface area (Å²) < 4.78 is 5.47. The zero-order valence-electron chi connectivity index (χ0n) is 29.9. The van der Waals surface area contributed by atoms with Gasteiger partial charge in [0, 0.05) is 25.7 Å². The smallest absolute Gasteiger partial charge is 0.302 e. The van der Waals surface area contributed by atoms with Crippen LogP contribution in [0, 0.1) is 16.7 Å². The van der Waals surface area contributed by atoms with Crippen LogP contribution in [0.3, 0.4) is 0 Å². The molecule has 0 aromatic heterocycles. The van der Waals surface area contributed by atoms with E-state index in [2.05, 4.69) is 104 Å². The number of allylic oxidation sites excluding steroid dienone is 19. The van der Waals surface area contributed by atoms with Gasteiger partial charge in [0.25, 0.3) is 0 Å². The van der Waals surface area contributed by atoms with Gasteiger partial charge in [0.05, 0.1) is 0 Å². The van der Waals surface area contributed by atoms with Crippen molar-refractivity contribution in [2.45, 2.75) is 114 Å². The van der Waals surface area contributed by atoms with Gasteiger partial charge in [-0.15, -0.1) is 0 Å². The van der Waals surface area contributed by atoms with Gasteiger partial charge in [-0.05, 0) is 77.2 Å². The number of hydrogen-bond acceptors (Lipinski definition) is 3. The standard InChI is InChI=1S/C42H58O3/c1-30(19-14-20-32(3)24-25-38-33(4)23-16-26-41(38,8)9)17-12-13-18-31(2)21-15-22-34(5)40(44)28-39-35(6)27-37(45-36(7)43)29-42(39,10)11/h12-15,17-25,37-38H,16,26-29H2,1-11H3/b13-12+,19-14-,21-15+,25-24+,30-17+,31-18+,32-20+,34-22+. The zero-order valence-corrected chi connectivity index (χ0v) is 29.9. The van der Waals surface area contributed by atoms with Crippen molar-refractivity contribution in [2.75, 3.05) is 0 Å². The Morgan fingerprint density at radius 2 is 1.38 bits per heavy atom. The average Bonchev–Trinajstić information content (AvgIpc) is 2.91. The van der Waals surface area contributed by atoms with Crippen LogP contribution < -0.4 is 0 Å². The van der Waals surface area contributed by atoms with E-state index >= 15 is 0 Å². The number of carbonyl (C=O) groups is 2. The molecule has 0 aliphatic heterocycles. The summed E-state index contributed by atoms with van der Waals surface area (Å²) in [5, 5.41) is 0. The number of esters is 1. The Kier molecular flexibility index (Phi) is 14.5. The van der Waals surface area contributed by atoms with Crippen LogP contribution in [0.1, 0.15) is 108 Å². The molecule has 0 bridgehead atoms. The van der Waals surface area contributed by atoms with E-state index in [1.807, 2.05) is 44.2 Å². The Morgan fingerprint density at radius 1 is 0.822 bits per heavy atom. The summed E-state index contributed by atoms with van der Waals surface area (Å²) in [5.74, 6) is 0.386. The second kappa shape index (κ2) is 17.3. The molecular formula is C42H58O3. The molecule has 0 radical (unpaired) electrons. The van der Waals surface area contributed by atoms with Crippen molar-refractivity contribution in [3.05, 3.63) is 118 Å². The molecule has 0 amide bonds. The van der Waals surface area contributed by atoms with Crippen LogP contribution in [0.25, 0.3) is 0 Å². The number of ether oxygens (including phenoxy) is 1. The molecule has 45 heavy (non-hydrogen) atoms. The van der Waals surface area contributed by atoms with E-state index in [1.165, 1.54) is 42.1 Å². The predicted octanol–water partition coefficient (Wildman–Crippen LogP) is 11.4. The first-order chi connectivity index (χ1) is 21.0. The number of carbonyl (C=O) groups excluding carboxylic acids is 2. The van der Waals surface area contributed by atoms with Crippen LogP contribution in [0.2, 0.25) is 0 Å². The first-order valence-corrected chi connectivity index (χ1v) is 16.5. The number of ketones is 1. The monoisotopic (exact) mass is 610 g/mol. The summed E-state index contributed by atoms with van der Waals surface area (Å²) in [6.45, 7) is 23.0. The molecule has 2 rings (SSSR count). The topological polar surface area (TPSA) is 43.4 Å². The largest absolute Gasteiger partial charge is 0.462 e. The third-order valence-electron chi connectivity index (χ3n) is 9.11. The van der Waals surface area contributed by atoms with Crippen LogP contribution in [0.5, 0.6) is 0 Å². The highest BCUT2D eigenvalue weighted by Gasteiger charge is 2.36. The lowest BCUT2D eigenvalue weighted by Crippen LogP contribution is -2.32. The Bertz CT molecular complexity index is 1390. The van der Waals surface area contributed by atoms with E-state index in [4.69, 9.17) is 4.74 Å².